The van der Waals surface area contributed by atoms with Crippen LogP contribution in [-0.2, 0) is 4.79 Å². The number of para-hydroxylation sites is 1. The van der Waals surface area contributed by atoms with E-state index < -0.39 is 0 Å². The number of ether oxygens (including phenoxy) is 2. The third kappa shape index (κ3) is 4.56. The number of carbonyl (C=O) groups excluding carboxylic acids is 1. The van der Waals surface area contributed by atoms with Gasteiger partial charge in [-0.1, -0.05) is 19.1 Å². The molecule has 2 aliphatic rings. The summed E-state index contributed by atoms with van der Waals surface area (Å²) in [6.07, 6.45) is 2.86. The van der Waals surface area contributed by atoms with Gasteiger partial charge in [0.25, 0.3) is 5.91 Å². The summed E-state index contributed by atoms with van der Waals surface area (Å²) >= 11 is 0. The monoisotopic (exact) mass is 359 g/mol. The average Bonchev–Trinajstić information content (AvgIpc) is 2.70. The number of methoxy groups -OCH3 is 1. The van der Waals surface area contributed by atoms with E-state index in [0.29, 0.717) is 23.6 Å². The van der Waals surface area contributed by atoms with Crippen molar-refractivity contribution >= 4 is 12.0 Å². The van der Waals surface area contributed by atoms with Crippen molar-refractivity contribution in [3.05, 3.63) is 29.3 Å². The van der Waals surface area contributed by atoms with Gasteiger partial charge in [-0.15, -0.1) is 0 Å². The van der Waals surface area contributed by atoms with E-state index in [1.54, 1.807) is 7.11 Å². The summed E-state index contributed by atoms with van der Waals surface area (Å²) in [6.45, 7) is 9.89. The van der Waals surface area contributed by atoms with E-state index in [-0.39, 0.29) is 12.5 Å². The summed E-state index contributed by atoms with van der Waals surface area (Å²) in [6, 6.07) is 5.69. The van der Waals surface area contributed by atoms with Crippen molar-refractivity contribution in [3.63, 3.8) is 0 Å². The van der Waals surface area contributed by atoms with E-state index in [2.05, 4.69) is 22.0 Å². The quantitative estimate of drug-likeness (QED) is 0.750. The van der Waals surface area contributed by atoms with E-state index in [1.807, 2.05) is 24.3 Å². The van der Waals surface area contributed by atoms with Crippen LogP contribution < -0.4 is 14.8 Å². The molecule has 0 aliphatic carbocycles. The number of hydrogen-bond donors (Lipinski definition) is 1. The summed E-state index contributed by atoms with van der Waals surface area (Å²) in [5, 5.41) is 3.02. The van der Waals surface area contributed by atoms with Gasteiger partial charge >= 0.3 is 0 Å². The van der Waals surface area contributed by atoms with E-state index in [4.69, 9.17) is 9.47 Å². The maximum Gasteiger partial charge on any atom is 0.250 e. The second-order valence-electron chi connectivity index (χ2n) is 6.72. The standard InChI is InChI=1S/C20H29N3O3/c1-3-22-10-12-23(13-11-22)9-5-8-21-20(24)17-14-16-6-4-7-18(25-2)19(16)26-15-17/h4,6-7,14H,3,5,8-13,15H2,1-2H3,(H,21,24). The lowest BCUT2D eigenvalue weighted by molar-refractivity contribution is -0.117. The van der Waals surface area contributed by atoms with Crippen molar-refractivity contribution in [2.45, 2.75) is 13.3 Å². The zero-order valence-electron chi connectivity index (χ0n) is 15.8. The first-order valence-electron chi connectivity index (χ1n) is 9.44. The molecule has 2 heterocycles. The number of piperazine rings is 1. The van der Waals surface area contributed by atoms with Crippen molar-refractivity contribution in [1.82, 2.24) is 15.1 Å². The van der Waals surface area contributed by atoms with Crippen LogP contribution in [0.15, 0.2) is 23.8 Å². The number of fused-ring (bicyclic) bond motifs is 1. The van der Waals surface area contributed by atoms with E-state index in [1.165, 1.54) is 0 Å². The zero-order chi connectivity index (χ0) is 18.4. The van der Waals surface area contributed by atoms with Crippen LogP contribution in [0.4, 0.5) is 0 Å². The number of rotatable bonds is 7. The fourth-order valence-corrected chi connectivity index (χ4v) is 3.42. The Morgan fingerprint density at radius 3 is 2.73 bits per heavy atom. The van der Waals surface area contributed by atoms with Crippen LogP contribution in [0.3, 0.4) is 0 Å². The highest BCUT2D eigenvalue weighted by Crippen LogP contribution is 2.35. The fraction of sp³-hybridized carbons (Fsp3) is 0.550. The molecule has 1 fully saturated rings. The van der Waals surface area contributed by atoms with Crippen molar-refractivity contribution < 1.29 is 14.3 Å². The Balaban J connectivity index is 1.43. The number of hydrogen-bond acceptors (Lipinski definition) is 5. The van der Waals surface area contributed by atoms with Gasteiger partial charge < -0.3 is 24.6 Å². The maximum atomic E-state index is 12.4. The van der Waals surface area contributed by atoms with Crippen LogP contribution >= 0.6 is 0 Å². The van der Waals surface area contributed by atoms with Crippen molar-refractivity contribution in [2.75, 3.05) is 59.5 Å². The Kier molecular flexibility index (Phi) is 6.52. The van der Waals surface area contributed by atoms with Gasteiger partial charge in [0.05, 0.1) is 12.7 Å². The first-order chi connectivity index (χ1) is 12.7. The molecule has 6 nitrogen and oxygen atoms in total. The summed E-state index contributed by atoms with van der Waals surface area (Å²) in [5.41, 5.74) is 1.54. The number of benzene rings is 1. The van der Waals surface area contributed by atoms with Crippen LogP contribution in [0.1, 0.15) is 18.9 Å². The minimum atomic E-state index is -0.0470. The van der Waals surface area contributed by atoms with E-state index in [9.17, 15) is 4.79 Å². The van der Waals surface area contributed by atoms with Crippen molar-refractivity contribution in [1.29, 1.82) is 0 Å². The number of nitrogens with zero attached hydrogens (tertiary/aromatic N) is 2. The van der Waals surface area contributed by atoms with Gasteiger partial charge in [-0.3, -0.25) is 4.79 Å². The van der Waals surface area contributed by atoms with Gasteiger partial charge in [0, 0.05) is 38.3 Å². The molecule has 0 saturated carbocycles. The van der Waals surface area contributed by atoms with Gasteiger partial charge in [0.15, 0.2) is 11.5 Å². The maximum absolute atomic E-state index is 12.4. The van der Waals surface area contributed by atoms with Crippen LogP contribution in [0, 0.1) is 0 Å². The second kappa shape index (κ2) is 9.05. The highest BCUT2D eigenvalue weighted by molar-refractivity contribution is 5.99. The summed E-state index contributed by atoms with van der Waals surface area (Å²) < 4.78 is 11.0. The molecule has 0 radical (unpaired) electrons. The third-order valence-electron chi connectivity index (χ3n) is 5.07. The largest absolute Gasteiger partial charge is 0.493 e. The molecule has 142 valence electrons. The van der Waals surface area contributed by atoms with E-state index in [0.717, 1.165) is 51.3 Å². The summed E-state index contributed by atoms with van der Waals surface area (Å²) in [4.78, 5) is 17.3. The number of likely N-dealkylation sites (N-methyl/N-ethyl adjacent to an activating group) is 1. The molecule has 1 aromatic rings. The van der Waals surface area contributed by atoms with Crippen LogP contribution in [0.5, 0.6) is 11.5 Å². The summed E-state index contributed by atoms with van der Waals surface area (Å²) in [5.74, 6) is 1.36. The molecule has 0 bridgehead atoms. The predicted molar refractivity (Wildman–Crippen MR) is 103 cm³/mol. The lowest BCUT2D eigenvalue weighted by Gasteiger charge is -2.34. The molecule has 6 heteroatoms. The molecule has 1 saturated heterocycles. The number of amides is 1. The van der Waals surface area contributed by atoms with Crippen LogP contribution in [0.25, 0.3) is 6.08 Å². The molecule has 1 aromatic carbocycles. The summed E-state index contributed by atoms with van der Waals surface area (Å²) in [7, 11) is 1.62. The molecule has 26 heavy (non-hydrogen) atoms. The first-order valence-corrected chi connectivity index (χ1v) is 9.44. The van der Waals surface area contributed by atoms with Gasteiger partial charge in [0.2, 0.25) is 0 Å². The normalized spacial score (nSPS) is 17.8. The number of carbonyl (C=O) groups is 1. The Morgan fingerprint density at radius 2 is 2.00 bits per heavy atom. The highest BCUT2D eigenvalue weighted by Gasteiger charge is 2.20. The lowest BCUT2D eigenvalue weighted by atomic mass is 10.1. The minimum Gasteiger partial charge on any atom is -0.493 e. The zero-order valence-corrected chi connectivity index (χ0v) is 15.8. The molecule has 0 aromatic heterocycles. The Hall–Kier alpha value is -2.05. The molecular formula is C20H29N3O3. The first kappa shape index (κ1) is 18.7. The number of nitrogens with one attached hydrogen (secondary N) is 1. The minimum absolute atomic E-state index is 0.0470. The Morgan fingerprint density at radius 1 is 1.23 bits per heavy atom. The molecule has 1 amide bonds. The molecule has 1 N–H and O–H groups in total. The molecule has 0 atom stereocenters. The second-order valence-corrected chi connectivity index (χ2v) is 6.72. The molecule has 0 spiro atoms. The topological polar surface area (TPSA) is 54.0 Å². The van der Waals surface area contributed by atoms with Crippen LogP contribution in [-0.4, -0.2) is 75.2 Å². The highest BCUT2D eigenvalue weighted by atomic mass is 16.5. The Bertz CT molecular complexity index is 652. The van der Waals surface area contributed by atoms with Gasteiger partial charge in [-0.25, -0.2) is 0 Å². The molecule has 3 rings (SSSR count). The Labute approximate surface area is 155 Å². The predicted octanol–water partition coefficient (Wildman–Crippen LogP) is 1.61. The fourth-order valence-electron chi connectivity index (χ4n) is 3.42. The molecule has 0 unspecified atom stereocenters. The van der Waals surface area contributed by atoms with Crippen molar-refractivity contribution in [3.8, 4) is 11.5 Å². The average molecular weight is 359 g/mol. The van der Waals surface area contributed by atoms with Crippen LogP contribution in [0.2, 0.25) is 0 Å². The van der Waals surface area contributed by atoms with Crippen molar-refractivity contribution in [2.24, 2.45) is 0 Å². The third-order valence-corrected chi connectivity index (χ3v) is 5.07. The molecule has 2 aliphatic heterocycles. The van der Waals surface area contributed by atoms with Gasteiger partial charge in [-0.05, 0) is 31.7 Å². The van der Waals surface area contributed by atoms with Gasteiger partial charge in [0.1, 0.15) is 6.61 Å². The smallest absolute Gasteiger partial charge is 0.250 e. The van der Waals surface area contributed by atoms with Gasteiger partial charge in [-0.2, -0.15) is 0 Å². The SMILES string of the molecule is CCN1CCN(CCCNC(=O)C2=Cc3cccc(OC)c3OC2)CC1. The lowest BCUT2D eigenvalue weighted by Crippen LogP contribution is -2.46. The molecular weight excluding hydrogens is 330 g/mol. The van der Waals surface area contributed by atoms with E-state index >= 15 is 0 Å².